The zero-order valence-corrected chi connectivity index (χ0v) is 12.0. The van der Waals surface area contributed by atoms with Gasteiger partial charge in [-0.05, 0) is 34.5 Å². The average molecular weight is 344 g/mol. The third kappa shape index (κ3) is 5.27. The molecule has 1 atom stereocenters. The summed E-state index contributed by atoms with van der Waals surface area (Å²) in [4.78, 5) is 33.3. The topological polar surface area (TPSA) is 122 Å². The molecule has 20 heavy (non-hydrogen) atoms. The van der Waals surface area contributed by atoms with Crippen molar-refractivity contribution >= 4 is 39.5 Å². The number of carbonyl (C=O) groups excluding carboxylic acids is 2. The molecule has 1 aromatic rings. The van der Waals surface area contributed by atoms with Gasteiger partial charge in [0.15, 0.2) is 0 Å². The average Bonchev–Trinajstić information content (AvgIpc) is 2.36. The Morgan fingerprint density at radius 2 is 1.95 bits per heavy atom. The summed E-state index contributed by atoms with van der Waals surface area (Å²) in [6.45, 7) is 0. The summed E-state index contributed by atoms with van der Waals surface area (Å²) >= 11 is 3.25. The van der Waals surface area contributed by atoms with E-state index in [4.69, 9.17) is 10.8 Å². The number of anilines is 1. The number of amides is 3. The van der Waals surface area contributed by atoms with E-state index in [9.17, 15) is 14.4 Å². The molecule has 1 rings (SSSR count). The lowest BCUT2D eigenvalue weighted by atomic mass is 10.1. The first-order valence-corrected chi connectivity index (χ1v) is 6.52. The highest BCUT2D eigenvalue weighted by Gasteiger charge is 2.20. The summed E-state index contributed by atoms with van der Waals surface area (Å²) in [7, 11) is 0. The lowest BCUT2D eigenvalue weighted by Gasteiger charge is -2.15. The van der Waals surface area contributed by atoms with Crippen LogP contribution in [0.4, 0.5) is 10.5 Å². The molecule has 0 spiro atoms. The van der Waals surface area contributed by atoms with Gasteiger partial charge in [0, 0.05) is 10.9 Å². The van der Waals surface area contributed by atoms with Gasteiger partial charge in [-0.2, -0.15) is 0 Å². The number of carboxylic acid groups (broad SMARTS) is 1. The predicted molar refractivity (Wildman–Crippen MR) is 76.1 cm³/mol. The van der Waals surface area contributed by atoms with Crippen LogP contribution >= 0.6 is 15.9 Å². The maximum absolute atomic E-state index is 11.7. The van der Waals surface area contributed by atoms with Crippen molar-refractivity contribution in [1.82, 2.24) is 5.32 Å². The zero-order valence-electron chi connectivity index (χ0n) is 10.4. The molecule has 0 saturated heterocycles. The van der Waals surface area contributed by atoms with Crippen LogP contribution in [-0.4, -0.2) is 29.1 Å². The van der Waals surface area contributed by atoms with E-state index >= 15 is 0 Å². The van der Waals surface area contributed by atoms with E-state index in [1.807, 2.05) is 0 Å². The van der Waals surface area contributed by atoms with E-state index in [1.54, 1.807) is 24.3 Å². The molecular weight excluding hydrogens is 330 g/mol. The number of nitrogens with one attached hydrogen (secondary N) is 2. The maximum atomic E-state index is 11.7. The normalized spacial score (nSPS) is 11.4. The van der Waals surface area contributed by atoms with Crippen LogP contribution in [0.3, 0.4) is 0 Å². The minimum absolute atomic E-state index is 0.0615. The third-order valence-corrected chi connectivity index (χ3v) is 3.10. The number of benzene rings is 1. The Bertz CT molecular complexity index is 521. The Hall–Kier alpha value is -2.09. The highest BCUT2D eigenvalue weighted by molar-refractivity contribution is 9.10. The SMILES string of the molecule is NC(=O)CCC(NC(=O)Nc1ccccc1Br)C(=O)O. The molecule has 8 heteroatoms. The molecule has 108 valence electrons. The fraction of sp³-hybridized carbons (Fsp3) is 0.250. The lowest BCUT2D eigenvalue weighted by molar-refractivity contribution is -0.139. The molecule has 0 fully saturated rings. The van der Waals surface area contributed by atoms with Crippen molar-refractivity contribution < 1.29 is 19.5 Å². The predicted octanol–water partition coefficient (Wildman–Crippen LogP) is 1.29. The smallest absolute Gasteiger partial charge is 0.326 e. The minimum Gasteiger partial charge on any atom is -0.480 e. The summed E-state index contributed by atoms with van der Waals surface area (Å²) in [5.41, 5.74) is 5.45. The lowest BCUT2D eigenvalue weighted by Crippen LogP contribution is -2.43. The van der Waals surface area contributed by atoms with E-state index in [0.29, 0.717) is 10.2 Å². The molecule has 7 nitrogen and oxygen atoms in total. The van der Waals surface area contributed by atoms with Crippen molar-refractivity contribution in [3.05, 3.63) is 28.7 Å². The van der Waals surface area contributed by atoms with Crippen molar-refractivity contribution in [1.29, 1.82) is 0 Å². The molecule has 1 unspecified atom stereocenters. The van der Waals surface area contributed by atoms with Crippen LogP contribution in [0.5, 0.6) is 0 Å². The fourth-order valence-electron chi connectivity index (χ4n) is 1.42. The number of para-hydroxylation sites is 1. The second-order valence-corrected chi connectivity index (χ2v) is 4.83. The van der Waals surface area contributed by atoms with E-state index in [-0.39, 0.29) is 12.8 Å². The highest BCUT2D eigenvalue weighted by Crippen LogP contribution is 2.20. The van der Waals surface area contributed by atoms with Gasteiger partial charge in [-0.1, -0.05) is 12.1 Å². The van der Waals surface area contributed by atoms with Gasteiger partial charge < -0.3 is 21.5 Å². The summed E-state index contributed by atoms with van der Waals surface area (Å²) in [5.74, 6) is -1.85. The standard InChI is InChI=1S/C12H14BrN3O4/c13-7-3-1-2-4-8(7)15-12(20)16-9(11(18)19)5-6-10(14)17/h1-4,9H,5-6H2,(H2,14,17)(H,18,19)(H2,15,16,20). The van der Waals surface area contributed by atoms with Crippen LogP contribution < -0.4 is 16.4 Å². The Balaban J connectivity index is 2.60. The van der Waals surface area contributed by atoms with Gasteiger partial charge in [0.1, 0.15) is 6.04 Å². The molecule has 5 N–H and O–H groups in total. The summed E-state index contributed by atoms with van der Waals surface area (Å²) in [5, 5.41) is 13.7. The molecule has 0 aliphatic rings. The number of rotatable bonds is 6. The fourth-order valence-corrected chi connectivity index (χ4v) is 1.81. The number of nitrogens with two attached hydrogens (primary N) is 1. The Kier molecular flexibility index (Phi) is 5.98. The summed E-state index contributed by atoms with van der Waals surface area (Å²) < 4.78 is 0.666. The quantitative estimate of drug-likeness (QED) is 0.621. The molecule has 0 radical (unpaired) electrons. The van der Waals surface area contributed by atoms with Crippen LogP contribution in [0.15, 0.2) is 28.7 Å². The first kappa shape index (κ1) is 16.0. The number of urea groups is 1. The third-order valence-electron chi connectivity index (χ3n) is 2.40. The van der Waals surface area contributed by atoms with Crippen LogP contribution in [0.1, 0.15) is 12.8 Å². The second-order valence-electron chi connectivity index (χ2n) is 3.97. The molecule has 0 aliphatic heterocycles. The molecule has 0 aliphatic carbocycles. The largest absolute Gasteiger partial charge is 0.480 e. The van der Waals surface area contributed by atoms with Crippen molar-refractivity contribution in [3.8, 4) is 0 Å². The number of aliphatic carboxylic acids is 1. The van der Waals surface area contributed by atoms with E-state index < -0.39 is 23.9 Å². The van der Waals surface area contributed by atoms with Gasteiger partial charge in [0.25, 0.3) is 0 Å². The number of primary amides is 1. The van der Waals surface area contributed by atoms with Gasteiger partial charge in [0.2, 0.25) is 5.91 Å². The van der Waals surface area contributed by atoms with E-state index in [2.05, 4.69) is 26.6 Å². The maximum Gasteiger partial charge on any atom is 0.326 e. The number of carboxylic acids is 1. The highest BCUT2D eigenvalue weighted by atomic mass is 79.9. The van der Waals surface area contributed by atoms with Gasteiger partial charge in [-0.15, -0.1) is 0 Å². The van der Waals surface area contributed by atoms with Crippen molar-refractivity contribution in [2.45, 2.75) is 18.9 Å². The van der Waals surface area contributed by atoms with Gasteiger partial charge in [-0.25, -0.2) is 9.59 Å². The van der Waals surface area contributed by atoms with Gasteiger partial charge in [0.05, 0.1) is 5.69 Å². The molecule has 0 bridgehead atoms. The monoisotopic (exact) mass is 343 g/mol. The van der Waals surface area contributed by atoms with Crippen LogP contribution in [0.2, 0.25) is 0 Å². The van der Waals surface area contributed by atoms with Crippen molar-refractivity contribution in [2.75, 3.05) is 5.32 Å². The Morgan fingerprint density at radius 1 is 1.30 bits per heavy atom. The minimum atomic E-state index is -1.23. The molecule has 0 aromatic heterocycles. The Morgan fingerprint density at radius 3 is 2.50 bits per heavy atom. The van der Waals surface area contributed by atoms with E-state index in [1.165, 1.54) is 0 Å². The summed E-state index contributed by atoms with van der Waals surface area (Å²) in [6, 6.07) is 5.04. The second kappa shape index (κ2) is 7.49. The van der Waals surface area contributed by atoms with Crippen LogP contribution in [-0.2, 0) is 9.59 Å². The first-order valence-electron chi connectivity index (χ1n) is 5.73. The number of hydrogen-bond donors (Lipinski definition) is 4. The molecule has 0 saturated carbocycles. The summed E-state index contributed by atoms with van der Waals surface area (Å²) in [6.07, 6.45) is -0.180. The van der Waals surface area contributed by atoms with Crippen LogP contribution in [0, 0.1) is 0 Å². The molecule has 1 aromatic carbocycles. The zero-order chi connectivity index (χ0) is 15.1. The molecular formula is C12H14BrN3O4. The first-order chi connectivity index (χ1) is 9.40. The number of halogens is 1. The number of hydrogen-bond acceptors (Lipinski definition) is 3. The van der Waals surface area contributed by atoms with Crippen molar-refractivity contribution in [3.63, 3.8) is 0 Å². The molecule has 3 amide bonds. The van der Waals surface area contributed by atoms with E-state index in [0.717, 1.165) is 0 Å². The number of carbonyl (C=O) groups is 3. The van der Waals surface area contributed by atoms with Gasteiger partial charge in [-0.3, -0.25) is 4.79 Å². The molecule has 0 heterocycles. The van der Waals surface area contributed by atoms with Crippen LogP contribution in [0.25, 0.3) is 0 Å². The van der Waals surface area contributed by atoms with Crippen molar-refractivity contribution in [2.24, 2.45) is 5.73 Å². The van der Waals surface area contributed by atoms with Gasteiger partial charge >= 0.3 is 12.0 Å². The Labute approximate surface area is 123 Å².